The Bertz CT molecular complexity index is 485. The third kappa shape index (κ3) is 5.29. The summed E-state index contributed by atoms with van der Waals surface area (Å²) in [6, 6.07) is 8.24. The Morgan fingerprint density at radius 3 is 2.95 bits per heavy atom. The van der Waals surface area contributed by atoms with E-state index in [0.717, 1.165) is 5.69 Å². The van der Waals surface area contributed by atoms with Gasteiger partial charge in [-0.05, 0) is 43.2 Å². The standard InChI is InChI=1S/C17H26N2O2/c1-17(2)9-4-6-13(8-10-17)19-14-5-3-7-15(11-14)21-12-16(18)20/h3,5,7,11,13,19H,4,6,8-10,12H2,1-2H3,(H2,18,20). The number of primary amides is 1. The summed E-state index contributed by atoms with van der Waals surface area (Å²) in [5.41, 5.74) is 6.60. The third-order valence-electron chi connectivity index (χ3n) is 4.16. The molecule has 0 saturated heterocycles. The number of rotatable bonds is 5. The number of anilines is 1. The van der Waals surface area contributed by atoms with Crippen molar-refractivity contribution < 1.29 is 9.53 Å². The number of nitrogens with two attached hydrogens (primary N) is 1. The minimum absolute atomic E-state index is 0.0823. The van der Waals surface area contributed by atoms with Crippen LogP contribution >= 0.6 is 0 Å². The fourth-order valence-electron chi connectivity index (χ4n) is 2.87. The number of benzene rings is 1. The van der Waals surface area contributed by atoms with Crippen LogP contribution in [0.15, 0.2) is 24.3 Å². The van der Waals surface area contributed by atoms with Gasteiger partial charge in [0.25, 0.3) is 5.91 Å². The summed E-state index contributed by atoms with van der Waals surface area (Å²) in [5, 5.41) is 3.59. The first kappa shape index (κ1) is 15.7. The number of amides is 1. The average Bonchev–Trinajstić information content (AvgIpc) is 2.58. The molecule has 1 amide bonds. The van der Waals surface area contributed by atoms with Gasteiger partial charge in [-0.2, -0.15) is 0 Å². The van der Waals surface area contributed by atoms with Crippen LogP contribution in [-0.4, -0.2) is 18.6 Å². The molecule has 0 bridgehead atoms. The van der Waals surface area contributed by atoms with E-state index in [4.69, 9.17) is 10.5 Å². The third-order valence-corrected chi connectivity index (χ3v) is 4.16. The van der Waals surface area contributed by atoms with E-state index in [9.17, 15) is 4.79 Å². The van der Waals surface area contributed by atoms with E-state index in [1.54, 1.807) is 0 Å². The fraction of sp³-hybridized carbons (Fsp3) is 0.588. The molecule has 0 radical (unpaired) electrons. The molecule has 2 rings (SSSR count). The second-order valence-corrected chi connectivity index (χ2v) is 6.72. The molecule has 1 fully saturated rings. The van der Waals surface area contributed by atoms with E-state index in [1.165, 1.54) is 32.1 Å². The Morgan fingerprint density at radius 2 is 2.19 bits per heavy atom. The molecule has 1 aliphatic rings. The van der Waals surface area contributed by atoms with Crippen LogP contribution in [-0.2, 0) is 4.79 Å². The zero-order valence-corrected chi connectivity index (χ0v) is 13.0. The van der Waals surface area contributed by atoms with Crippen molar-refractivity contribution >= 4 is 11.6 Å². The molecule has 1 aromatic rings. The second kappa shape index (κ2) is 6.83. The molecule has 0 spiro atoms. The maximum absolute atomic E-state index is 10.8. The van der Waals surface area contributed by atoms with Crippen molar-refractivity contribution in [1.82, 2.24) is 0 Å². The number of ether oxygens (including phenoxy) is 1. The van der Waals surface area contributed by atoms with Crippen LogP contribution in [0.25, 0.3) is 0 Å². The van der Waals surface area contributed by atoms with Crippen molar-refractivity contribution in [3.05, 3.63) is 24.3 Å². The number of nitrogens with one attached hydrogen (secondary N) is 1. The van der Waals surface area contributed by atoms with Gasteiger partial charge in [0.15, 0.2) is 6.61 Å². The van der Waals surface area contributed by atoms with Gasteiger partial charge < -0.3 is 15.8 Å². The van der Waals surface area contributed by atoms with Gasteiger partial charge in [-0.1, -0.05) is 26.3 Å². The zero-order valence-electron chi connectivity index (χ0n) is 13.0. The van der Waals surface area contributed by atoms with Crippen molar-refractivity contribution in [2.45, 2.75) is 52.0 Å². The van der Waals surface area contributed by atoms with E-state index < -0.39 is 5.91 Å². The maximum Gasteiger partial charge on any atom is 0.255 e. The van der Waals surface area contributed by atoms with Gasteiger partial charge in [0.05, 0.1) is 0 Å². The van der Waals surface area contributed by atoms with Gasteiger partial charge in [0.2, 0.25) is 0 Å². The van der Waals surface area contributed by atoms with E-state index in [1.807, 2.05) is 24.3 Å². The molecule has 116 valence electrons. The predicted molar refractivity (Wildman–Crippen MR) is 85.4 cm³/mol. The molecule has 0 aliphatic heterocycles. The molecular weight excluding hydrogens is 264 g/mol. The van der Waals surface area contributed by atoms with Crippen LogP contribution in [0.1, 0.15) is 46.0 Å². The van der Waals surface area contributed by atoms with Crippen LogP contribution in [0.3, 0.4) is 0 Å². The Balaban J connectivity index is 1.93. The first-order valence-corrected chi connectivity index (χ1v) is 7.72. The monoisotopic (exact) mass is 290 g/mol. The molecule has 21 heavy (non-hydrogen) atoms. The summed E-state index contributed by atoms with van der Waals surface area (Å²) in [6.07, 6.45) is 6.22. The number of hydrogen-bond acceptors (Lipinski definition) is 3. The van der Waals surface area contributed by atoms with Crippen LogP contribution in [0.5, 0.6) is 5.75 Å². The van der Waals surface area contributed by atoms with E-state index in [-0.39, 0.29) is 6.61 Å². The second-order valence-electron chi connectivity index (χ2n) is 6.72. The Labute approximate surface area is 127 Å². The van der Waals surface area contributed by atoms with Crippen LogP contribution in [0.2, 0.25) is 0 Å². The summed E-state index contributed by atoms with van der Waals surface area (Å²) < 4.78 is 5.34. The Kier molecular flexibility index (Phi) is 5.10. The first-order valence-electron chi connectivity index (χ1n) is 7.72. The van der Waals surface area contributed by atoms with Gasteiger partial charge in [-0.3, -0.25) is 4.79 Å². The zero-order chi connectivity index (χ0) is 15.3. The maximum atomic E-state index is 10.8. The van der Waals surface area contributed by atoms with Crippen molar-refractivity contribution in [3.8, 4) is 5.75 Å². The lowest BCUT2D eigenvalue weighted by atomic mass is 9.85. The van der Waals surface area contributed by atoms with Crippen molar-refractivity contribution in [3.63, 3.8) is 0 Å². The highest BCUT2D eigenvalue weighted by atomic mass is 16.5. The fourth-order valence-corrected chi connectivity index (χ4v) is 2.87. The molecule has 3 N–H and O–H groups in total. The van der Waals surface area contributed by atoms with Gasteiger partial charge in [0, 0.05) is 17.8 Å². The number of carbonyl (C=O) groups is 1. The summed E-state index contributed by atoms with van der Waals surface area (Å²) in [7, 11) is 0. The van der Waals surface area contributed by atoms with Crippen LogP contribution in [0.4, 0.5) is 5.69 Å². The van der Waals surface area contributed by atoms with E-state index in [0.29, 0.717) is 17.2 Å². The van der Waals surface area contributed by atoms with Crippen molar-refractivity contribution in [1.29, 1.82) is 0 Å². The largest absolute Gasteiger partial charge is 0.484 e. The lowest BCUT2D eigenvalue weighted by Gasteiger charge is -2.22. The molecule has 0 aromatic heterocycles. The SMILES string of the molecule is CC1(C)CCCC(Nc2cccc(OCC(N)=O)c2)CC1. The Morgan fingerprint density at radius 1 is 1.38 bits per heavy atom. The lowest BCUT2D eigenvalue weighted by molar-refractivity contribution is -0.119. The van der Waals surface area contributed by atoms with E-state index >= 15 is 0 Å². The normalized spacial score (nSPS) is 21.3. The molecule has 4 heteroatoms. The smallest absolute Gasteiger partial charge is 0.255 e. The molecular formula is C17H26N2O2. The molecule has 1 aromatic carbocycles. The first-order chi connectivity index (χ1) is 9.94. The lowest BCUT2D eigenvalue weighted by Crippen LogP contribution is -2.20. The Hall–Kier alpha value is -1.71. The summed E-state index contributed by atoms with van der Waals surface area (Å²) >= 11 is 0. The topological polar surface area (TPSA) is 64.3 Å². The molecule has 1 aliphatic carbocycles. The van der Waals surface area contributed by atoms with Crippen molar-refractivity contribution in [2.75, 3.05) is 11.9 Å². The van der Waals surface area contributed by atoms with Gasteiger partial charge in [0.1, 0.15) is 5.75 Å². The van der Waals surface area contributed by atoms with Crippen LogP contribution < -0.4 is 15.8 Å². The van der Waals surface area contributed by atoms with Gasteiger partial charge in [-0.15, -0.1) is 0 Å². The van der Waals surface area contributed by atoms with E-state index in [2.05, 4.69) is 19.2 Å². The summed E-state index contributed by atoms with van der Waals surface area (Å²) in [6.45, 7) is 4.63. The molecule has 0 heterocycles. The van der Waals surface area contributed by atoms with Crippen LogP contribution in [0, 0.1) is 5.41 Å². The molecule has 4 nitrogen and oxygen atoms in total. The minimum Gasteiger partial charge on any atom is -0.484 e. The molecule has 1 unspecified atom stereocenters. The van der Waals surface area contributed by atoms with Gasteiger partial charge >= 0.3 is 0 Å². The highest BCUT2D eigenvalue weighted by molar-refractivity contribution is 5.75. The molecule has 1 atom stereocenters. The van der Waals surface area contributed by atoms with Crippen molar-refractivity contribution in [2.24, 2.45) is 11.1 Å². The summed E-state index contributed by atoms with van der Waals surface area (Å²) in [5.74, 6) is 0.215. The highest BCUT2D eigenvalue weighted by Gasteiger charge is 2.24. The molecule has 1 saturated carbocycles. The van der Waals surface area contributed by atoms with Gasteiger partial charge in [-0.25, -0.2) is 0 Å². The highest BCUT2D eigenvalue weighted by Crippen LogP contribution is 2.34. The minimum atomic E-state index is -0.459. The number of carbonyl (C=O) groups excluding carboxylic acids is 1. The average molecular weight is 290 g/mol. The quantitative estimate of drug-likeness (QED) is 0.818. The predicted octanol–water partition coefficient (Wildman–Crippen LogP) is 3.32. The number of hydrogen-bond donors (Lipinski definition) is 2. The summed E-state index contributed by atoms with van der Waals surface area (Å²) in [4.78, 5) is 10.8.